The van der Waals surface area contributed by atoms with Gasteiger partial charge in [0.05, 0.1) is 5.92 Å². The number of imide groups is 1. The molecule has 12 heteroatoms. The van der Waals surface area contributed by atoms with Crippen LogP contribution in [0.15, 0.2) is 9.98 Å². The number of carboxylic acids is 1. The number of nitrogens with one attached hydrogen (secondary N) is 1. The summed E-state index contributed by atoms with van der Waals surface area (Å²) in [7, 11) is 0. The van der Waals surface area contributed by atoms with Gasteiger partial charge in [-0.3, -0.25) is 14.8 Å². The second-order valence-corrected chi connectivity index (χ2v) is 7.29. The molecular weight excluding hydrogens is 380 g/mol. The molecule has 0 aromatic heterocycles. The van der Waals surface area contributed by atoms with E-state index in [1.54, 1.807) is 0 Å². The minimum absolute atomic E-state index is 0.0509. The van der Waals surface area contributed by atoms with Gasteiger partial charge in [0.25, 0.3) is 0 Å². The number of nitrogens with zero attached hydrogens (tertiary/aromatic N) is 5. The maximum atomic E-state index is 12.8. The number of piperazine rings is 1. The van der Waals surface area contributed by atoms with Gasteiger partial charge in [0.15, 0.2) is 18.0 Å². The van der Waals surface area contributed by atoms with Gasteiger partial charge in [-0.25, -0.2) is 14.5 Å². The molecule has 2 atom stereocenters. The van der Waals surface area contributed by atoms with E-state index in [2.05, 4.69) is 20.2 Å². The smallest absolute Gasteiger partial charge is 0.327 e. The van der Waals surface area contributed by atoms with E-state index in [0.717, 1.165) is 30.4 Å². The molecular formula is C17H28N8O4. The maximum absolute atomic E-state index is 12.8. The molecule has 2 fully saturated rings. The van der Waals surface area contributed by atoms with Crippen LogP contribution in [-0.2, 0) is 9.59 Å². The normalized spacial score (nSPS) is 24.3. The number of hydrogen-bond acceptors (Lipinski definition) is 7. The lowest BCUT2D eigenvalue weighted by molar-refractivity contribution is -0.167. The van der Waals surface area contributed by atoms with Crippen molar-refractivity contribution < 1.29 is 19.5 Å². The highest BCUT2D eigenvalue weighted by Crippen LogP contribution is 2.32. The summed E-state index contributed by atoms with van der Waals surface area (Å²) in [6.07, 6.45) is 1.78. The van der Waals surface area contributed by atoms with Crippen molar-refractivity contribution in [3.05, 3.63) is 0 Å². The second kappa shape index (κ2) is 8.97. The summed E-state index contributed by atoms with van der Waals surface area (Å²) in [5.41, 5.74) is 10.5. The molecule has 2 saturated heterocycles. The number of carbonyl (C=O) groups excluding carboxylic acids is 2. The van der Waals surface area contributed by atoms with E-state index in [0.29, 0.717) is 45.6 Å². The number of hydrogen-bond donors (Lipinski definition) is 4. The predicted octanol–water partition coefficient (Wildman–Crippen LogP) is -1.96. The van der Waals surface area contributed by atoms with Gasteiger partial charge in [-0.15, -0.1) is 0 Å². The highest BCUT2D eigenvalue weighted by molar-refractivity contribution is 6.07. The maximum Gasteiger partial charge on any atom is 0.327 e. The van der Waals surface area contributed by atoms with Crippen LogP contribution in [0.1, 0.15) is 19.3 Å². The van der Waals surface area contributed by atoms with Gasteiger partial charge >= 0.3 is 12.0 Å². The molecule has 0 bridgehead atoms. The Balaban J connectivity index is 1.54. The first-order valence-corrected chi connectivity index (χ1v) is 9.83. The molecule has 0 spiro atoms. The average Bonchev–Trinajstić information content (AvgIpc) is 2.71. The van der Waals surface area contributed by atoms with Crippen LogP contribution in [0.5, 0.6) is 0 Å². The Bertz CT molecular complexity index is 712. The molecule has 0 saturated carbocycles. The predicted molar refractivity (Wildman–Crippen MR) is 105 cm³/mol. The first-order valence-electron chi connectivity index (χ1n) is 9.83. The number of urea groups is 1. The Kier molecular flexibility index (Phi) is 6.39. The summed E-state index contributed by atoms with van der Waals surface area (Å²) in [6, 6.07) is -1.68. The number of guanidine groups is 2. The van der Waals surface area contributed by atoms with Gasteiger partial charge in [0.2, 0.25) is 5.91 Å². The molecule has 3 heterocycles. The van der Waals surface area contributed by atoms with Crippen molar-refractivity contribution in [2.45, 2.75) is 25.3 Å². The van der Waals surface area contributed by atoms with Crippen molar-refractivity contribution in [3.8, 4) is 0 Å². The molecule has 0 aliphatic carbocycles. The summed E-state index contributed by atoms with van der Waals surface area (Å²) >= 11 is 0. The Morgan fingerprint density at radius 1 is 1.24 bits per heavy atom. The highest BCUT2D eigenvalue weighted by atomic mass is 16.4. The molecule has 3 aliphatic heterocycles. The summed E-state index contributed by atoms with van der Waals surface area (Å²) in [4.78, 5) is 49.7. The molecule has 3 rings (SSSR count). The third-order valence-electron chi connectivity index (χ3n) is 5.37. The Morgan fingerprint density at radius 3 is 2.55 bits per heavy atom. The zero-order valence-electron chi connectivity index (χ0n) is 16.3. The quantitative estimate of drug-likeness (QED) is 0.176. The van der Waals surface area contributed by atoms with Crippen LogP contribution >= 0.6 is 0 Å². The minimum Gasteiger partial charge on any atom is -0.480 e. The fourth-order valence-electron chi connectivity index (χ4n) is 3.84. The molecule has 3 amide bonds. The van der Waals surface area contributed by atoms with Gasteiger partial charge in [-0.2, -0.15) is 0 Å². The van der Waals surface area contributed by atoms with Crippen LogP contribution in [0.3, 0.4) is 0 Å². The van der Waals surface area contributed by atoms with Crippen LogP contribution in [0, 0.1) is 5.92 Å². The number of aliphatic imine (C=N–C) groups is 2. The third kappa shape index (κ3) is 4.51. The number of nitrogens with two attached hydrogens (primary N) is 2. The lowest BCUT2D eigenvalue weighted by Gasteiger charge is -2.46. The van der Waals surface area contributed by atoms with E-state index in [4.69, 9.17) is 11.5 Å². The molecule has 0 unspecified atom stereocenters. The van der Waals surface area contributed by atoms with Crippen LogP contribution in [0.4, 0.5) is 4.79 Å². The molecule has 29 heavy (non-hydrogen) atoms. The Labute approximate surface area is 168 Å². The van der Waals surface area contributed by atoms with Crippen LogP contribution in [-0.4, -0.2) is 101 Å². The van der Waals surface area contributed by atoms with E-state index >= 15 is 0 Å². The molecule has 3 aliphatic rings. The molecule has 0 radical (unpaired) electrons. The SMILES string of the molecule is NC(N)=NCCC[C@H]1C(=O)N(C(=O)N2CCN(C3=NCCCN3)CC2)[C@@H]1C(=O)O. The Morgan fingerprint density at radius 2 is 1.97 bits per heavy atom. The summed E-state index contributed by atoms with van der Waals surface area (Å²) in [6.45, 7) is 3.96. The average molecular weight is 408 g/mol. The topological polar surface area (TPSA) is 170 Å². The molecule has 0 aromatic carbocycles. The van der Waals surface area contributed by atoms with Crippen molar-refractivity contribution in [2.24, 2.45) is 27.4 Å². The first kappa shape index (κ1) is 20.7. The minimum atomic E-state index is -1.18. The number of amides is 3. The van der Waals surface area contributed by atoms with Crippen molar-refractivity contribution in [1.29, 1.82) is 0 Å². The third-order valence-corrected chi connectivity index (χ3v) is 5.37. The number of rotatable bonds is 5. The summed E-state index contributed by atoms with van der Waals surface area (Å²) in [5.74, 6) is -1.57. The van der Waals surface area contributed by atoms with Gasteiger partial charge < -0.3 is 31.7 Å². The lowest BCUT2D eigenvalue weighted by atomic mass is 9.84. The van der Waals surface area contributed by atoms with Crippen molar-refractivity contribution >= 4 is 29.8 Å². The molecule has 160 valence electrons. The number of carboxylic acid groups (broad SMARTS) is 1. The van der Waals surface area contributed by atoms with E-state index < -0.39 is 29.9 Å². The summed E-state index contributed by atoms with van der Waals surface area (Å²) in [5, 5.41) is 12.8. The zero-order chi connectivity index (χ0) is 21.0. The molecule has 6 N–H and O–H groups in total. The van der Waals surface area contributed by atoms with Gasteiger partial charge in [0.1, 0.15) is 0 Å². The number of aliphatic carboxylic acids is 1. The second-order valence-electron chi connectivity index (χ2n) is 7.29. The fourth-order valence-corrected chi connectivity index (χ4v) is 3.84. The number of β-lactam (4-membered cyclic amide) rings is 1. The van der Waals surface area contributed by atoms with E-state index in [9.17, 15) is 19.5 Å². The van der Waals surface area contributed by atoms with Crippen molar-refractivity contribution in [3.63, 3.8) is 0 Å². The Hall–Kier alpha value is -3.05. The van der Waals surface area contributed by atoms with Crippen LogP contribution in [0.2, 0.25) is 0 Å². The van der Waals surface area contributed by atoms with E-state index in [-0.39, 0.29) is 5.96 Å². The molecule has 0 aromatic rings. The van der Waals surface area contributed by atoms with Gasteiger partial charge in [-0.05, 0) is 19.3 Å². The molecule has 12 nitrogen and oxygen atoms in total. The standard InChI is InChI=1S/C17H28N8O4/c18-15(19)20-4-1-3-11-12(14(27)28)25(13(11)26)17(29)24-9-7-23(8-10-24)16-21-5-2-6-22-16/h11-12H,1-10H2,(H,21,22)(H,27,28)(H4,18,19,20)/t11-,12+/m1/s1. The largest absolute Gasteiger partial charge is 0.480 e. The number of likely N-dealkylation sites (tertiary alicyclic amines) is 1. The monoisotopic (exact) mass is 408 g/mol. The van der Waals surface area contributed by atoms with Gasteiger partial charge in [0, 0.05) is 45.8 Å². The van der Waals surface area contributed by atoms with Crippen molar-refractivity contribution in [2.75, 3.05) is 45.8 Å². The zero-order valence-corrected chi connectivity index (χ0v) is 16.3. The fraction of sp³-hybridized carbons (Fsp3) is 0.706. The van der Waals surface area contributed by atoms with E-state index in [1.165, 1.54) is 4.90 Å². The first-order chi connectivity index (χ1) is 13.9. The van der Waals surface area contributed by atoms with Crippen molar-refractivity contribution in [1.82, 2.24) is 20.0 Å². The van der Waals surface area contributed by atoms with Gasteiger partial charge in [-0.1, -0.05) is 0 Å². The van der Waals surface area contributed by atoms with E-state index in [1.807, 2.05) is 0 Å². The summed E-state index contributed by atoms with van der Waals surface area (Å²) < 4.78 is 0. The lowest BCUT2D eigenvalue weighted by Crippen LogP contribution is -2.69. The van der Waals surface area contributed by atoms with Crippen LogP contribution in [0.25, 0.3) is 0 Å². The number of carbonyl (C=O) groups is 3. The highest BCUT2D eigenvalue weighted by Gasteiger charge is 2.55. The van der Waals surface area contributed by atoms with Crippen LogP contribution < -0.4 is 16.8 Å².